The number of nitrogens with one attached hydrogen (secondary N) is 1. The molecule has 0 bridgehead atoms. The van der Waals surface area contributed by atoms with Gasteiger partial charge in [-0.15, -0.1) is 11.3 Å². The van der Waals surface area contributed by atoms with Crippen LogP contribution in [0.2, 0.25) is 0 Å². The molecule has 3 nitrogen and oxygen atoms in total. The monoisotopic (exact) mass is 240 g/mol. The molecule has 0 saturated heterocycles. The number of rotatable bonds is 4. The van der Waals surface area contributed by atoms with Gasteiger partial charge in [-0.05, 0) is 39.1 Å². The molecule has 1 heterocycles. The molecule has 90 valence electrons. The zero-order valence-corrected chi connectivity index (χ0v) is 11.2. The Hall–Kier alpha value is -1.03. The van der Waals surface area contributed by atoms with Crippen LogP contribution in [0.15, 0.2) is 17.5 Å². The van der Waals surface area contributed by atoms with Crippen molar-refractivity contribution in [2.24, 2.45) is 0 Å². The van der Waals surface area contributed by atoms with Gasteiger partial charge < -0.3 is 10.2 Å². The Bertz CT molecular complexity index is 320. The lowest BCUT2D eigenvalue weighted by Crippen LogP contribution is -2.45. The van der Waals surface area contributed by atoms with Crippen molar-refractivity contribution in [2.75, 3.05) is 0 Å². The smallest absolute Gasteiger partial charge is 0.318 e. The minimum Gasteiger partial charge on any atom is -0.336 e. The molecule has 1 aromatic rings. The molecule has 1 N–H and O–H groups in total. The van der Waals surface area contributed by atoms with Gasteiger partial charge in [0, 0.05) is 17.0 Å². The van der Waals surface area contributed by atoms with E-state index in [2.05, 4.69) is 11.4 Å². The molecule has 1 rings (SSSR count). The zero-order chi connectivity index (χ0) is 12.1. The fourth-order valence-electron chi connectivity index (χ4n) is 1.39. The summed E-state index contributed by atoms with van der Waals surface area (Å²) in [5, 5.41) is 4.96. The van der Waals surface area contributed by atoms with E-state index in [9.17, 15) is 4.79 Å². The summed E-state index contributed by atoms with van der Waals surface area (Å²) in [6.07, 6.45) is 0. The maximum absolute atomic E-state index is 11.9. The third kappa shape index (κ3) is 3.85. The van der Waals surface area contributed by atoms with Crippen molar-refractivity contribution >= 4 is 17.4 Å². The topological polar surface area (TPSA) is 32.3 Å². The fourth-order valence-corrected chi connectivity index (χ4v) is 2.09. The van der Waals surface area contributed by atoms with Gasteiger partial charge in [0.2, 0.25) is 0 Å². The van der Waals surface area contributed by atoms with Crippen molar-refractivity contribution in [1.29, 1.82) is 0 Å². The van der Waals surface area contributed by atoms with Gasteiger partial charge >= 0.3 is 6.03 Å². The number of thiophene rings is 1. The van der Waals surface area contributed by atoms with E-state index in [0.29, 0.717) is 6.54 Å². The van der Waals surface area contributed by atoms with Crippen molar-refractivity contribution in [1.82, 2.24) is 10.2 Å². The normalized spacial score (nSPS) is 10.9. The summed E-state index contributed by atoms with van der Waals surface area (Å²) < 4.78 is 0. The Labute approximate surface area is 101 Å². The van der Waals surface area contributed by atoms with E-state index in [1.54, 1.807) is 11.3 Å². The van der Waals surface area contributed by atoms with Crippen LogP contribution in [0.4, 0.5) is 4.79 Å². The summed E-state index contributed by atoms with van der Waals surface area (Å²) in [4.78, 5) is 15.0. The molecule has 0 unspecified atom stereocenters. The van der Waals surface area contributed by atoms with Gasteiger partial charge in [-0.25, -0.2) is 4.79 Å². The van der Waals surface area contributed by atoms with Crippen LogP contribution in [0.5, 0.6) is 0 Å². The SMILES string of the molecule is CC(C)NC(=O)N(Cc1cccs1)C(C)C. The molecule has 0 atom stereocenters. The molecule has 0 radical (unpaired) electrons. The Balaban J connectivity index is 2.64. The molecule has 0 aromatic carbocycles. The molecular weight excluding hydrogens is 220 g/mol. The molecule has 0 fully saturated rings. The van der Waals surface area contributed by atoms with Crippen LogP contribution in [-0.4, -0.2) is 23.0 Å². The first-order chi connectivity index (χ1) is 7.50. The van der Waals surface area contributed by atoms with Crippen LogP contribution in [0.25, 0.3) is 0 Å². The third-order valence-electron chi connectivity index (χ3n) is 2.20. The lowest BCUT2D eigenvalue weighted by atomic mass is 10.3. The van der Waals surface area contributed by atoms with E-state index >= 15 is 0 Å². The van der Waals surface area contributed by atoms with E-state index in [1.807, 2.05) is 44.0 Å². The van der Waals surface area contributed by atoms with E-state index < -0.39 is 0 Å². The van der Waals surface area contributed by atoms with Gasteiger partial charge in [-0.1, -0.05) is 6.07 Å². The lowest BCUT2D eigenvalue weighted by Gasteiger charge is -2.27. The summed E-state index contributed by atoms with van der Waals surface area (Å²) in [5.74, 6) is 0. The van der Waals surface area contributed by atoms with Crippen molar-refractivity contribution in [3.63, 3.8) is 0 Å². The van der Waals surface area contributed by atoms with Crippen molar-refractivity contribution < 1.29 is 4.79 Å². The van der Waals surface area contributed by atoms with Crippen LogP contribution in [0.1, 0.15) is 32.6 Å². The Kier molecular flexibility index (Phi) is 4.80. The molecule has 4 heteroatoms. The highest BCUT2D eigenvalue weighted by Gasteiger charge is 2.17. The van der Waals surface area contributed by atoms with Crippen LogP contribution < -0.4 is 5.32 Å². The maximum Gasteiger partial charge on any atom is 0.318 e. The first-order valence-electron chi connectivity index (χ1n) is 5.60. The number of carbonyl (C=O) groups is 1. The molecule has 1 aromatic heterocycles. The summed E-state index contributed by atoms with van der Waals surface area (Å²) in [5.41, 5.74) is 0. The average Bonchev–Trinajstić information content (AvgIpc) is 2.64. The molecule has 16 heavy (non-hydrogen) atoms. The highest BCUT2D eigenvalue weighted by Crippen LogP contribution is 2.14. The quantitative estimate of drug-likeness (QED) is 0.862. The number of amides is 2. The lowest BCUT2D eigenvalue weighted by molar-refractivity contribution is 0.178. The minimum atomic E-state index is 0.0124. The predicted octanol–water partition coefficient (Wildman–Crippen LogP) is 3.08. The summed E-state index contributed by atoms with van der Waals surface area (Å²) in [6.45, 7) is 8.71. The highest BCUT2D eigenvalue weighted by atomic mass is 32.1. The Morgan fingerprint density at radius 1 is 1.44 bits per heavy atom. The first-order valence-corrected chi connectivity index (χ1v) is 6.48. The fraction of sp³-hybridized carbons (Fsp3) is 0.583. The molecule has 0 aliphatic rings. The Morgan fingerprint density at radius 2 is 2.12 bits per heavy atom. The van der Waals surface area contributed by atoms with Crippen LogP contribution in [0.3, 0.4) is 0 Å². The van der Waals surface area contributed by atoms with Crippen molar-refractivity contribution in [3.8, 4) is 0 Å². The zero-order valence-electron chi connectivity index (χ0n) is 10.4. The third-order valence-corrected chi connectivity index (χ3v) is 3.06. The second kappa shape index (κ2) is 5.89. The van der Waals surface area contributed by atoms with Crippen LogP contribution in [-0.2, 0) is 6.54 Å². The predicted molar refractivity (Wildman–Crippen MR) is 68.7 cm³/mol. The summed E-state index contributed by atoms with van der Waals surface area (Å²) >= 11 is 1.68. The molecule has 0 spiro atoms. The highest BCUT2D eigenvalue weighted by molar-refractivity contribution is 7.09. The van der Waals surface area contributed by atoms with Crippen molar-refractivity contribution in [2.45, 2.75) is 46.3 Å². The van der Waals surface area contributed by atoms with Gasteiger partial charge in [-0.2, -0.15) is 0 Å². The number of nitrogens with zero attached hydrogens (tertiary/aromatic N) is 1. The van der Waals surface area contributed by atoms with E-state index in [0.717, 1.165) is 0 Å². The molecule has 0 aliphatic heterocycles. The molecule has 2 amide bonds. The maximum atomic E-state index is 11.9. The van der Waals surface area contributed by atoms with Gasteiger partial charge in [0.15, 0.2) is 0 Å². The summed E-state index contributed by atoms with van der Waals surface area (Å²) in [6, 6.07) is 4.47. The first kappa shape index (κ1) is 13.0. The largest absolute Gasteiger partial charge is 0.336 e. The molecular formula is C12H20N2OS. The number of urea groups is 1. The van der Waals surface area contributed by atoms with Gasteiger partial charge in [0.1, 0.15) is 0 Å². The van der Waals surface area contributed by atoms with Gasteiger partial charge in [-0.3, -0.25) is 0 Å². The molecule has 0 aliphatic carbocycles. The number of hydrogen-bond acceptors (Lipinski definition) is 2. The minimum absolute atomic E-state index is 0.0124. The summed E-state index contributed by atoms with van der Waals surface area (Å²) in [7, 11) is 0. The second-order valence-electron chi connectivity index (χ2n) is 4.41. The number of carbonyl (C=O) groups excluding carboxylic acids is 1. The van der Waals surface area contributed by atoms with Crippen LogP contribution >= 0.6 is 11.3 Å². The van der Waals surface area contributed by atoms with E-state index in [4.69, 9.17) is 0 Å². The Morgan fingerprint density at radius 3 is 2.56 bits per heavy atom. The standard InChI is InChI=1S/C12H20N2OS/c1-9(2)13-12(15)14(10(3)4)8-11-6-5-7-16-11/h5-7,9-10H,8H2,1-4H3,(H,13,15). The van der Waals surface area contributed by atoms with Crippen LogP contribution in [0, 0.1) is 0 Å². The number of hydrogen-bond donors (Lipinski definition) is 1. The van der Waals surface area contributed by atoms with E-state index in [-0.39, 0.29) is 18.1 Å². The average molecular weight is 240 g/mol. The molecule has 0 saturated carbocycles. The van der Waals surface area contributed by atoms with Crippen molar-refractivity contribution in [3.05, 3.63) is 22.4 Å². The van der Waals surface area contributed by atoms with Gasteiger partial charge in [0.25, 0.3) is 0 Å². The second-order valence-corrected chi connectivity index (χ2v) is 5.44. The van der Waals surface area contributed by atoms with E-state index in [1.165, 1.54) is 4.88 Å². The van der Waals surface area contributed by atoms with Gasteiger partial charge in [0.05, 0.1) is 6.54 Å².